The zero-order valence-corrected chi connectivity index (χ0v) is 15.8. The Balaban J connectivity index is 1.89. The number of benzene rings is 3. The Hall–Kier alpha value is -3.51. The molecular weight excluding hydrogens is 372 g/mol. The second kappa shape index (κ2) is 7.62. The highest BCUT2D eigenvalue weighted by atomic mass is 32.1. The van der Waals surface area contributed by atoms with E-state index in [0.717, 1.165) is 38.0 Å². The normalized spacial score (nSPS) is 10.6. The van der Waals surface area contributed by atoms with Gasteiger partial charge in [-0.05, 0) is 29.8 Å². The van der Waals surface area contributed by atoms with Crippen LogP contribution in [0.3, 0.4) is 0 Å². The monoisotopic (exact) mass is 388 g/mol. The predicted octanol–water partition coefficient (Wildman–Crippen LogP) is 6.06. The molecule has 4 aromatic rings. The summed E-state index contributed by atoms with van der Waals surface area (Å²) in [7, 11) is 1.63. The van der Waals surface area contributed by atoms with Crippen LogP contribution in [0.15, 0.2) is 78.9 Å². The number of methoxy groups -OCH3 is 1. The lowest BCUT2D eigenvalue weighted by Gasteiger charge is -2.04. The van der Waals surface area contributed by atoms with Gasteiger partial charge in [-0.25, -0.2) is 4.98 Å². The Morgan fingerprint density at radius 1 is 0.893 bits per heavy atom. The zero-order valence-electron chi connectivity index (χ0n) is 15.0. The van der Waals surface area contributed by atoms with Crippen LogP contribution in [-0.2, 0) is 0 Å². The fourth-order valence-electron chi connectivity index (χ4n) is 2.92. The first kappa shape index (κ1) is 17.9. The quantitative estimate of drug-likeness (QED) is 0.308. The number of hydrogen-bond donors (Lipinski definition) is 0. The fourth-order valence-corrected chi connectivity index (χ4v) is 4.02. The number of thiazole rings is 1. The third-order valence-electron chi connectivity index (χ3n) is 4.33. The van der Waals surface area contributed by atoms with Crippen molar-refractivity contribution in [2.75, 3.05) is 7.11 Å². The van der Waals surface area contributed by atoms with Crippen molar-refractivity contribution in [3.8, 4) is 38.0 Å². The lowest BCUT2D eigenvalue weighted by atomic mass is 10.1. The van der Waals surface area contributed by atoms with E-state index in [1.165, 1.54) is 6.07 Å². The number of ether oxygens (including phenoxy) is 1. The molecule has 138 valence electrons. The smallest absolute Gasteiger partial charge is 0.270 e. The van der Waals surface area contributed by atoms with E-state index in [4.69, 9.17) is 9.72 Å². The first-order valence-corrected chi connectivity index (χ1v) is 9.43. The molecule has 0 atom stereocenters. The first-order chi connectivity index (χ1) is 13.7. The molecule has 5 nitrogen and oxygen atoms in total. The summed E-state index contributed by atoms with van der Waals surface area (Å²) in [5, 5.41) is 12.1. The molecule has 0 saturated carbocycles. The van der Waals surface area contributed by atoms with Gasteiger partial charge in [-0.3, -0.25) is 10.1 Å². The van der Waals surface area contributed by atoms with E-state index in [1.54, 1.807) is 30.6 Å². The van der Waals surface area contributed by atoms with Gasteiger partial charge in [-0.2, -0.15) is 0 Å². The molecule has 0 aliphatic rings. The van der Waals surface area contributed by atoms with E-state index >= 15 is 0 Å². The van der Waals surface area contributed by atoms with E-state index in [-0.39, 0.29) is 10.6 Å². The van der Waals surface area contributed by atoms with Crippen LogP contribution in [0.1, 0.15) is 0 Å². The summed E-state index contributed by atoms with van der Waals surface area (Å²) in [6.07, 6.45) is 0. The van der Waals surface area contributed by atoms with Gasteiger partial charge in [0.2, 0.25) is 0 Å². The number of hydrogen-bond acceptors (Lipinski definition) is 5. The predicted molar refractivity (Wildman–Crippen MR) is 112 cm³/mol. The maximum atomic E-state index is 11.2. The average Bonchev–Trinajstić information content (AvgIpc) is 3.20. The topological polar surface area (TPSA) is 65.3 Å². The minimum Gasteiger partial charge on any atom is -0.497 e. The number of aromatic nitrogens is 1. The molecule has 3 aromatic carbocycles. The van der Waals surface area contributed by atoms with Crippen LogP contribution in [-0.4, -0.2) is 17.0 Å². The van der Waals surface area contributed by atoms with Crippen molar-refractivity contribution in [1.82, 2.24) is 4.98 Å². The number of nitro groups is 1. The number of nitro benzene ring substituents is 1. The number of non-ortho nitro benzene ring substituents is 1. The van der Waals surface area contributed by atoms with Gasteiger partial charge in [0.25, 0.3) is 5.69 Å². The Morgan fingerprint density at radius 3 is 2.29 bits per heavy atom. The highest BCUT2D eigenvalue weighted by Crippen LogP contribution is 2.41. The molecule has 4 rings (SSSR count). The average molecular weight is 388 g/mol. The molecule has 0 amide bonds. The van der Waals surface area contributed by atoms with Gasteiger partial charge in [0.05, 0.1) is 22.6 Å². The second-order valence-electron chi connectivity index (χ2n) is 6.10. The largest absolute Gasteiger partial charge is 0.497 e. The van der Waals surface area contributed by atoms with Gasteiger partial charge in [0.15, 0.2) is 0 Å². The minimum atomic E-state index is -0.388. The number of nitrogens with zero attached hydrogens (tertiary/aromatic N) is 2. The van der Waals surface area contributed by atoms with Crippen molar-refractivity contribution in [3.05, 3.63) is 89.0 Å². The lowest BCUT2D eigenvalue weighted by Crippen LogP contribution is -1.89. The third kappa shape index (κ3) is 3.50. The van der Waals surface area contributed by atoms with Gasteiger partial charge in [0.1, 0.15) is 10.8 Å². The second-order valence-corrected chi connectivity index (χ2v) is 7.10. The fraction of sp³-hybridized carbons (Fsp3) is 0.0455. The van der Waals surface area contributed by atoms with Crippen molar-refractivity contribution in [2.45, 2.75) is 0 Å². The molecule has 28 heavy (non-hydrogen) atoms. The van der Waals surface area contributed by atoms with Crippen LogP contribution < -0.4 is 4.74 Å². The van der Waals surface area contributed by atoms with Gasteiger partial charge in [0, 0.05) is 23.3 Å². The standard InChI is InChI=1S/C22H16N2O3S/c1-27-19-12-10-15(11-13-19)21-20(17-8-5-9-18(14-17)24(25)26)23-22(28-21)16-6-3-2-4-7-16/h2-14H,1H3. The van der Waals surface area contributed by atoms with Crippen molar-refractivity contribution in [3.63, 3.8) is 0 Å². The zero-order chi connectivity index (χ0) is 19.5. The van der Waals surface area contributed by atoms with Crippen molar-refractivity contribution >= 4 is 17.0 Å². The summed E-state index contributed by atoms with van der Waals surface area (Å²) in [6.45, 7) is 0. The van der Waals surface area contributed by atoms with Gasteiger partial charge in [-0.1, -0.05) is 42.5 Å². The maximum Gasteiger partial charge on any atom is 0.270 e. The minimum absolute atomic E-state index is 0.0486. The van der Waals surface area contributed by atoms with Crippen molar-refractivity contribution in [1.29, 1.82) is 0 Å². The maximum absolute atomic E-state index is 11.2. The van der Waals surface area contributed by atoms with Gasteiger partial charge in [-0.15, -0.1) is 11.3 Å². The Kier molecular flexibility index (Phi) is 4.87. The summed E-state index contributed by atoms with van der Waals surface area (Å²) in [5.74, 6) is 0.772. The number of rotatable bonds is 5. The van der Waals surface area contributed by atoms with E-state index in [0.29, 0.717) is 0 Å². The van der Waals surface area contributed by atoms with E-state index in [9.17, 15) is 10.1 Å². The molecule has 0 aliphatic carbocycles. The highest BCUT2D eigenvalue weighted by Gasteiger charge is 2.18. The van der Waals surface area contributed by atoms with Crippen LogP contribution in [0.25, 0.3) is 32.3 Å². The van der Waals surface area contributed by atoms with Crippen LogP contribution in [0.4, 0.5) is 5.69 Å². The summed E-state index contributed by atoms with van der Waals surface area (Å²) in [6, 6.07) is 24.2. The molecule has 0 saturated heterocycles. The summed E-state index contributed by atoms with van der Waals surface area (Å²) in [5.41, 5.74) is 3.50. The third-order valence-corrected chi connectivity index (χ3v) is 5.48. The molecule has 0 unspecified atom stereocenters. The van der Waals surface area contributed by atoms with Crippen LogP contribution in [0, 0.1) is 10.1 Å². The highest BCUT2D eigenvalue weighted by molar-refractivity contribution is 7.19. The van der Waals surface area contributed by atoms with E-state index < -0.39 is 0 Å². The van der Waals surface area contributed by atoms with Gasteiger partial charge < -0.3 is 4.74 Å². The summed E-state index contributed by atoms with van der Waals surface area (Å²) >= 11 is 1.57. The van der Waals surface area contributed by atoms with Gasteiger partial charge >= 0.3 is 0 Å². The Labute approximate surface area is 166 Å². The van der Waals surface area contributed by atoms with E-state index in [2.05, 4.69) is 0 Å². The molecule has 0 N–H and O–H groups in total. The molecular formula is C22H16N2O3S. The van der Waals surface area contributed by atoms with Crippen molar-refractivity contribution < 1.29 is 9.66 Å². The van der Waals surface area contributed by atoms with E-state index in [1.807, 2.05) is 60.7 Å². The molecule has 6 heteroatoms. The Bertz CT molecular complexity index is 1120. The molecule has 0 radical (unpaired) electrons. The SMILES string of the molecule is COc1ccc(-c2sc(-c3ccccc3)nc2-c2cccc([N+](=O)[O-])c2)cc1. The molecule has 0 bridgehead atoms. The van der Waals surface area contributed by atoms with Crippen molar-refractivity contribution in [2.24, 2.45) is 0 Å². The Morgan fingerprint density at radius 2 is 1.61 bits per heavy atom. The molecule has 0 aliphatic heterocycles. The van der Waals surface area contributed by atoms with Crippen LogP contribution in [0.5, 0.6) is 5.75 Å². The molecule has 0 fully saturated rings. The van der Waals surface area contributed by atoms with Crippen LogP contribution >= 0.6 is 11.3 Å². The first-order valence-electron chi connectivity index (χ1n) is 8.61. The molecule has 1 heterocycles. The summed E-state index contributed by atoms with van der Waals surface area (Å²) < 4.78 is 5.25. The molecule has 0 spiro atoms. The summed E-state index contributed by atoms with van der Waals surface area (Å²) in [4.78, 5) is 16.6. The molecule has 1 aromatic heterocycles. The van der Waals surface area contributed by atoms with Crippen LogP contribution in [0.2, 0.25) is 0 Å². The lowest BCUT2D eigenvalue weighted by molar-refractivity contribution is -0.384.